The minimum atomic E-state index is -1.38. The highest BCUT2D eigenvalue weighted by atomic mass is 16.5. The lowest BCUT2D eigenvalue weighted by atomic mass is 9.77. The number of ether oxygens (including phenoxy) is 1. The minimum Gasteiger partial charge on any atom is -0.378 e. The molecule has 0 radical (unpaired) electrons. The van der Waals surface area contributed by atoms with Gasteiger partial charge in [0.1, 0.15) is 11.6 Å². The third-order valence-electron chi connectivity index (χ3n) is 7.73. The van der Waals surface area contributed by atoms with E-state index in [4.69, 9.17) is 4.74 Å². The van der Waals surface area contributed by atoms with Crippen LogP contribution in [0.1, 0.15) is 57.6 Å². The SMILES string of the molecule is CCCCCC(=O)N(C)[C@@](C(=O)NC(Cc1ccccc1)C(=O)NC(=O)N1CCOCC1)(c1ccccc1)C(C)C. The van der Waals surface area contributed by atoms with E-state index >= 15 is 0 Å². The Labute approximate surface area is 243 Å². The number of hydrogen-bond acceptors (Lipinski definition) is 5. The maximum atomic E-state index is 14.5. The first-order valence-electron chi connectivity index (χ1n) is 14.6. The molecule has 1 aliphatic heterocycles. The van der Waals surface area contributed by atoms with Crippen molar-refractivity contribution >= 4 is 23.8 Å². The Bertz CT molecular complexity index is 1150. The number of amides is 5. The van der Waals surface area contributed by atoms with E-state index in [1.807, 2.05) is 74.5 Å². The maximum absolute atomic E-state index is 14.5. The molecule has 5 amide bonds. The normalized spacial score (nSPS) is 15.5. The summed E-state index contributed by atoms with van der Waals surface area (Å²) in [6.07, 6.45) is 3.12. The third-order valence-corrected chi connectivity index (χ3v) is 7.73. The second-order valence-electron chi connectivity index (χ2n) is 10.8. The number of hydrogen-bond donors (Lipinski definition) is 2. The van der Waals surface area contributed by atoms with Crippen LogP contribution in [-0.2, 0) is 31.1 Å². The molecule has 1 heterocycles. The summed E-state index contributed by atoms with van der Waals surface area (Å²) in [5, 5.41) is 5.44. The summed E-state index contributed by atoms with van der Waals surface area (Å²) in [5.74, 6) is -1.56. The fourth-order valence-electron chi connectivity index (χ4n) is 5.41. The lowest BCUT2D eigenvalue weighted by molar-refractivity contribution is -0.151. The highest BCUT2D eigenvalue weighted by molar-refractivity contribution is 6.00. The van der Waals surface area contributed by atoms with Gasteiger partial charge in [-0.1, -0.05) is 94.3 Å². The second-order valence-corrected chi connectivity index (χ2v) is 10.8. The van der Waals surface area contributed by atoms with Crippen LogP contribution in [-0.4, -0.2) is 72.9 Å². The van der Waals surface area contributed by atoms with Crippen LogP contribution in [0.25, 0.3) is 0 Å². The van der Waals surface area contributed by atoms with Crippen molar-refractivity contribution in [3.8, 4) is 0 Å². The summed E-state index contributed by atoms with van der Waals surface area (Å²) in [7, 11) is 1.66. The quantitative estimate of drug-likeness (QED) is 0.381. The van der Waals surface area contributed by atoms with Crippen molar-refractivity contribution in [3.63, 3.8) is 0 Å². The van der Waals surface area contributed by atoms with E-state index in [1.54, 1.807) is 7.05 Å². The molecule has 0 aliphatic carbocycles. The average molecular weight is 565 g/mol. The molecular formula is C32H44N4O5. The fraction of sp³-hybridized carbons (Fsp3) is 0.500. The van der Waals surface area contributed by atoms with Gasteiger partial charge in [0.2, 0.25) is 5.91 Å². The standard InChI is InChI=1S/C32H44N4O5/c1-5-6-9-18-28(37)35(4)32(24(2)3,26-16-12-8-13-17-26)30(39)33-27(23-25-14-10-7-11-15-25)29(38)34-31(40)36-19-21-41-22-20-36/h7-8,10-17,24,27H,5-6,9,18-23H2,1-4H3,(H,33,39)(H,34,38,40)/t27?,32-/m1/s1. The van der Waals surface area contributed by atoms with Crippen LogP contribution in [0, 0.1) is 5.92 Å². The van der Waals surface area contributed by atoms with Gasteiger partial charge in [0, 0.05) is 33.0 Å². The number of likely N-dealkylation sites (N-methyl/N-ethyl adjacent to an activating group) is 1. The monoisotopic (exact) mass is 564 g/mol. The molecule has 9 nitrogen and oxygen atoms in total. The number of rotatable bonds is 12. The number of nitrogens with zero attached hydrogens (tertiary/aromatic N) is 2. The summed E-state index contributed by atoms with van der Waals surface area (Å²) < 4.78 is 5.31. The molecule has 222 valence electrons. The predicted octanol–water partition coefficient (Wildman–Crippen LogP) is 3.87. The van der Waals surface area contributed by atoms with E-state index in [0.717, 1.165) is 24.8 Å². The molecule has 1 fully saturated rings. The Hall–Kier alpha value is -3.72. The first kappa shape index (κ1) is 31.8. The van der Waals surface area contributed by atoms with Crippen molar-refractivity contribution in [1.82, 2.24) is 20.4 Å². The largest absolute Gasteiger partial charge is 0.378 e. The van der Waals surface area contributed by atoms with E-state index in [0.29, 0.717) is 38.3 Å². The molecule has 0 aromatic heterocycles. The van der Waals surface area contributed by atoms with Gasteiger partial charge >= 0.3 is 6.03 Å². The van der Waals surface area contributed by atoms with Crippen molar-refractivity contribution in [2.45, 2.75) is 64.5 Å². The average Bonchev–Trinajstić information content (AvgIpc) is 2.98. The van der Waals surface area contributed by atoms with Gasteiger partial charge in [-0.25, -0.2) is 4.79 Å². The van der Waals surface area contributed by atoms with Crippen LogP contribution >= 0.6 is 0 Å². The third kappa shape index (κ3) is 7.94. The van der Waals surface area contributed by atoms with Crippen LogP contribution < -0.4 is 10.6 Å². The smallest absolute Gasteiger partial charge is 0.324 e. The molecule has 0 saturated carbocycles. The summed E-state index contributed by atoms with van der Waals surface area (Å²) in [6, 6.07) is 17.0. The number of carbonyl (C=O) groups is 4. The Kier molecular flexibility index (Phi) is 11.9. The highest BCUT2D eigenvalue weighted by Gasteiger charge is 2.49. The van der Waals surface area contributed by atoms with Crippen molar-refractivity contribution in [2.24, 2.45) is 5.92 Å². The summed E-state index contributed by atoms with van der Waals surface area (Å²) in [6.45, 7) is 7.43. The Morgan fingerprint density at radius 2 is 1.56 bits per heavy atom. The first-order chi connectivity index (χ1) is 19.7. The highest BCUT2D eigenvalue weighted by Crippen LogP contribution is 2.37. The van der Waals surface area contributed by atoms with Gasteiger partial charge < -0.3 is 19.9 Å². The lowest BCUT2D eigenvalue weighted by Gasteiger charge is -2.44. The molecule has 3 rings (SSSR count). The van der Waals surface area contributed by atoms with E-state index in [2.05, 4.69) is 17.6 Å². The van der Waals surface area contributed by atoms with Gasteiger partial charge in [-0.2, -0.15) is 0 Å². The lowest BCUT2D eigenvalue weighted by Crippen LogP contribution is -2.63. The molecular weight excluding hydrogens is 520 g/mol. The van der Waals surface area contributed by atoms with Crippen LogP contribution in [0.4, 0.5) is 4.79 Å². The predicted molar refractivity (Wildman–Crippen MR) is 158 cm³/mol. The van der Waals surface area contributed by atoms with E-state index in [-0.39, 0.29) is 18.2 Å². The first-order valence-corrected chi connectivity index (χ1v) is 14.6. The van der Waals surface area contributed by atoms with Crippen LogP contribution in [0.3, 0.4) is 0 Å². The van der Waals surface area contributed by atoms with Gasteiger partial charge in [-0.05, 0) is 23.5 Å². The molecule has 2 aromatic carbocycles. The van der Waals surface area contributed by atoms with Gasteiger partial charge in [-0.3, -0.25) is 19.7 Å². The van der Waals surface area contributed by atoms with Gasteiger partial charge in [0.15, 0.2) is 0 Å². The fourth-order valence-corrected chi connectivity index (χ4v) is 5.41. The van der Waals surface area contributed by atoms with Crippen molar-refractivity contribution in [2.75, 3.05) is 33.4 Å². The second kappa shape index (κ2) is 15.3. The van der Waals surface area contributed by atoms with Crippen molar-refractivity contribution < 1.29 is 23.9 Å². The number of carbonyl (C=O) groups excluding carboxylic acids is 4. The Morgan fingerprint density at radius 1 is 0.951 bits per heavy atom. The molecule has 41 heavy (non-hydrogen) atoms. The Morgan fingerprint density at radius 3 is 2.15 bits per heavy atom. The molecule has 9 heteroatoms. The van der Waals surface area contributed by atoms with Crippen LogP contribution in [0.2, 0.25) is 0 Å². The zero-order chi connectivity index (χ0) is 29.8. The topological polar surface area (TPSA) is 108 Å². The van der Waals surface area contributed by atoms with Crippen molar-refractivity contribution in [1.29, 1.82) is 0 Å². The van der Waals surface area contributed by atoms with E-state index in [9.17, 15) is 19.2 Å². The van der Waals surface area contributed by atoms with Gasteiger partial charge in [-0.15, -0.1) is 0 Å². The molecule has 0 bridgehead atoms. The molecule has 1 aliphatic rings. The number of unbranched alkanes of at least 4 members (excludes halogenated alkanes) is 2. The number of nitrogens with one attached hydrogen (secondary N) is 2. The maximum Gasteiger partial charge on any atom is 0.324 e. The summed E-state index contributed by atoms with van der Waals surface area (Å²) >= 11 is 0. The number of urea groups is 1. The number of benzene rings is 2. The van der Waals surface area contributed by atoms with Crippen molar-refractivity contribution in [3.05, 3.63) is 71.8 Å². The molecule has 2 aromatic rings. The zero-order valence-corrected chi connectivity index (χ0v) is 24.7. The molecule has 1 saturated heterocycles. The van der Waals surface area contributed by atoms with E-state index in [1.165, 1.54) is 9.80 Å². The Balaban J connectivity index is 1.96. The summed E-state index contributed by atoms with van der Waals surface area (Å²) in [5.41, 5.74) is 0.0984. The van der Waals surface area contributed by atoms with E-state index < -0.39 is 29.4 Å². The molecule has 0 spiro atoms. The minimum absolute atomic E-state index is 0.141. The summed E-state index contributed by atoms with van der Waals surface area (Å²) in [4.78, 5) is 57.5. The molecule has 2 N–H and O–H groups in total. The molecule has 2 atom stereocenters. The number of morpholine rings is 1. The van der Waals surface area contributed by atoms with Crippen LogP contribution in [0.15, 0.2) is 60.7 Å². The van der Waals surface area contributed by atoms with Crippen LogP contribution in [0.5, 0.6) is 0 Å². The molecule has 1 unspecified atom stereocenters. The number of imide groups is 1. The van der Waals surface area contributed by atoms with Gasteiger partial charge in [0.05, 0.1) is 13.2 Å². The van der Waals surface area contributed by atoms with Gasteiger partial charge in [0.25, 0.3) is 11.8 Å². The zero-order valence-electron chi connectivity index (χ0n) is 24.7.